The summed E-state index contributed by atoms with van der Waals surface area (Å²) >= 11 is 0. The molecule has 0 atom stereocenters. The normalized spacial score (nSPS) is 10.6. The predicted octanol–water partition coefficient (Wildman–Crippen LogP) is 4.49. The summed E-state index contributed by atoms with van der Waals surface area (Å²) in [7, 11) is 5.04. The van der Waals surface area contributed by atoms with Gasteiger partial charge in [0.15, 0.2) is 11.5 Å². The first kappa shape index (κ1) is 19.5. The van der Waals surface area contributed by atoms with Gasteiger partial charge in [-0.3, -0.25) is 4.79 Å². The van der Waals surface area contributed by atoms with E-state index in [1.54, 1.807) is 19.1 Å². The standard InChI is InChI=1S/C24H25NO3/c1-25(17-20-15-10-16-21(27-2)23(20)28-3)24(26)22(18-11-6-4-7-12-18)19-13-8-5-9-14-19/h4-16,22H,17H2,1-3H3. The molecular formula is C24H25NO3. The molecule has 3 aromatic rings. The van der Waals surface area contributed by atoms with Crippen molar-refractivity contribution in [3.8, 4) is 11.5 Å². The lowest BCUT2D eigenvalue weighted by Gasteiger charge is -2.25. The first-order valence-corrected chi connectivity index (χ1v) is 9.20. The van der Waals surface area contributed by atoms with Gasteiger partial charge in [0.2, 0.25) is 5.91 Å². The van der Waals surface area contributed by atoms with Crippen LogP contribution in [0.5, 0.6) is 11.5 Å². The lowest BCUT2D eigenvalue weighted by atomic mass is 9.90. The second-order valence-corrected chi connectivity index (χ2v) is 6.60. The first-order valence-electron chi connectivity index (χ1n) is 9.20. The van der Waals surface area contributed by atoms with Crippen LogP contribution in [0.15, 0.2) is 78.9 Å². The summed E-state index contributed by atoms with van der Waals surface area (Å²) in [6, 6.07) is 25.4. The number of para-hydroxylation sites is 1. The number of amides is 1. The number of ether oxygens (including phenoxy) is 2. The Kier molecular flexibility index (Phi) is 6.33. The Bertz CT molecular complexity index is 870. The van der Waals surface area contributed by atoms with E-state index in [-0.39, 0.29) is 11.8 Å². The number of hydrogen-bond acceptors (Lipinski definition) is 3. The minimum Gasteiger partial charge on any atom is -0.493 e. The van der Waals surface area contributed by atoms with E-state index in [1.807, 2.05) is 85.9 Å². The minimum atomic E-state index is -0.357. The third kappa shape index (κ3) is 4.17. The molecule has 0 aromatic heterocycles. The summed E-state index contributed by atoms with van der Waals surface area (Å²) < 4.78 is 10.9. The van der Waals surface area contributed by atoms with Crippen LogP contribution in [-0.4, -0.2) is 32.1 Å². The molecule has 3 rings (SSSR count). The van der Waals surface area contributed by atoms with Crippen molar-refractivity contribution < 1.29 is 14.3 Å². The Hall–Kier alpha value is -3.27. The van der Waals surface area contributed by atoms with Crippen molar-refractivity contribution in [2.24, 2.45) is 0 Å². The Balaban J connectivity index is 1.92. The zero-order valence-electron chi connectivity index (χ0n) is 16.5. The van der Waals surface area contributed by atoms with Gasteiger partial charge in [0.25, 0.3) is 0 Å². The van der Waals surface area contributed by atoms with E-state index in [9.17, 15) is 4.79 Å². The van der Waals surface area contributed by atoms with Gasteiger partial charge < -0.3 is 14.4 Å². The van der Waals surface area contributed by atoms with Gasteiger partial charge in [-0.05, 0) is 17.2 Å². The molecule has 0 heterocycles. The molecule has 0 N–H and O–H groups in total. The Morgan fingerprint density at radius 2 is 1.39 bits per heavy atom. The number of benzene rings is 3. The highest BCUT2D eigenvalue weighted by Crippen LogP contribution is 2.32. The predicted molar refractivity (Wildman–Crippen MR) is 111 cm³/mol. The molecule has 0 aliphatic carbocycles. The third-order valence-electron chi connectivity index (χ3n) is 4.78. The molecule has 4 nitrogen and oxygen atoms in total. The molecule has 144 valence electrons. The van der Waals surface area contributed by atoms with Crippen LogP contribution in [0.1, 0.15) is 22.6 Å². The van der Waals surface area contributed by atoms with Crippen LogP contribution < -0.4 is 9.47 Å². The fourth-order valence-electron chi connectivity index (χ4n) is 3.40. The summed E-state index contributed by atoms with van der Waals surface area (Å²) in [5.74, 6) is 0.982. The van der Waals surface area contributed by atoms with Gasteiger partial charge in [-0.2, -0.15) is 0 Å². The fourth-order valence-corrected chi connectivity index (χ4v) is 3.40. The van der Waals surface area contributed by atoms with Crippen molar-refractivity contribution in [1.82, 2.24) is 4.90 Å². The quantitative estimate of drug-likeness (QED) is 0.611. The van der Waals surface area contributed by atoms with Gasteiger partial charge >= 0.3 is 0 Å². The number of hydrogen-bond donors (Lipinski definition) is 0. The smallest absolute Gasteiger partial charge is 0.234 e. The average molecular weight is 375 g/mol. The van der Waals surface area contributed by atoms with Crippen LogP contribution in [0, 0.1) is 0 Å². The molecule has 0 saturated heterocycles. The maximum atomic E-state index is 13.5. The average Bonchev–Trinajstić information content (AvgIpc) is 2.75. The van der Waals surface area contributed by atoms with Crippen molar-refractivity contribution in [3.05, 3.63) is 95.6 Å². The summed E-state index contributed by atoms with van der Waals surface area (Å²) in [5.41, 5.74) is 2.85. The van der Waals surface area contributed by atoms with E-state index >= 15 is 0 Å². The van der Waals surface area contributed by atoms with Crippen LogP contribution >= 0.6 is 0 Å². The van der Waals surface area contributed by atoms with Gasteiger partial charge in [-0.15, -0.1) is 0 Å². The molecule has 0 fully saturated rings. The molecule has 28 heavy (non-hydrogen) atoms. The van der Waals surface area contributed by atoms with Crippen molar-refractivity contribution in [2.75, 3.05) is 21.3 Å². The summed E-state index contributed by atoms with van der Waals surface area (Å²) in [6.45, 7) is 0.426. The maximum absolute atomic E-state index is 13.5. The van der Waals surface area contributed by atoms with Crippen LogP contribution in [0.2, 0.25) is 0 Å². The largest absolute Gasteiger partial charge is 0.493 e. The second-order valence-electron chi connectivity index (χ2n) is 6.60. The number of carbonyl (C=O) groups excluding carboxylic acids is 1. The lowest BCUT2D eigenvalue weighted by Crippen LogP contribution is -2.32. The molecule has 0 aliphatic heterocycles. The maximum Gasteiger partial charge on any atom is 0.234 e. The highest BCUT2D eigenvalue weighted by atomic mass is 16.5. The number of carbonyl (C=O) groups is 1. The van der Waals surface area contributed by atoms with Crippen LogP contribution in [0.3, 0.4) is 0 Å². The number of likely N-dealkylation sites (N-methyl/N-ethyl adjacent to an activating group) is 1. The van der Waals surface area contributed by atoms with Crippen molar-refractivity contribution >= 4 is 5.91 Å². The van der Waals surface area contributed by atoms with Crippen LogP contribution in [-0.2, 0) is 11.3 Å². The summed E-state index contributed by atoms with van der Waals surface area (Å²) in [4.78, 5) is 15.2. The lowest BCUT2D eigenvalue weighted by molar-refractivity contribution is -0.131. The van der Waals surface area contributed by atoms with Gasteiger partial charge in [0.1, 0.15) is 0 Å². The van der Waals surface area contributed by atoms with Gasteiger partial charge in [-0.1, -0.05) is 72.8 Å². The molecule has 0 radical (unpaired) electrons. The molecule has 1 amide bonds. The van der Waals surface area contributed by atoms with Crippen molar-refractivity contribution in [1.29, 1.82) is 0 Å². The molecule has 0 bridgehead atoms. The van der Waals surface area contributed by atoms with Gasteiger partial charge in [0, 0.05) is 19.2 Å². The highest BCUT2D eigenvalue weighted by Gasteiger charge is 2.26. The molecule has 0 spiro atoms. The van der Waals surface area contributed by atoms with E-state index < -0.39 is 0 Å². The fraction of sp³-hybridized carbons (Fsp3) is 0.208. The first-order chi connectivity index (χ1) is 13.7. The van der Waals surface area contributed by atoms with E-state index in [4.69, 9.17) is 9.47 Å². The Morgan fingerprint density at radius 1 is 0.821 bits per heavy atom. The zero-order valence-corrected chi connectivity index (χ0v) is 16.5. The third-order valence-corrected chi connectivity index (χ3v) is 4.78. The molecule has 3 aromatic carbocycles. The monoisotopic (exact) mass is 375 g/mol. The van der Waals surface area contributed by atoms with Crippen molar-refractivity contribution in [3.63, 3.8) is 0 Å². The number of nitrogens with zero attached hydrogens (tertiary/aromatic N) is 1. The Morgan fingerprint density at radius 3 is 1.89 bits per heavy atom. The van der Waals surface area contributed by atoms with Crippen LogP contribution in [0.25, 0.3) is 0 Å². The van der Waals surface area contributed by atoms with E-state index in [1.165, 1.54) is 0 Å². The minimum absolute atomic E-state index is 0.0299. The molecule has 0 saturated carbocycles. The second kappa shape index (κ2) is 9.09. The van der Waals surface area contributed by atoms with Gasteiger partial charge in [0.05, 0.1) is 20.1 Å². The topological polar surface area (TPSA) is 38.8 Å². The van der Waals surface area contributed by atoms with E-state index in [0.717, 1.165) is 16.7 Å². The molecule has 4 heteroatoms. The summed E-state index contributed by atoms with van der Waals surface area (Å²) in [5, 5.41) is 0. The van der Waals surface area contributed by atoms with E-state index in [0.29, 0.717) is 18.0 Å². The molecule has 0 unspecified atom stereocenters. The van der Waals surface area contributed by atoms with Crippen molar-refractivity contribution in [2.45, 2.75) is 12.5 Å². The molecular weight excluding hydrogens is 350 g/mol. The number of rotatable bonds is 7. The van der Waals surface area contributed by atoms with Crippen LogP contribution in [0.4, 0.5) is 0 Å². The number of methoxy groups -OCH3 is 2. The Labute approximate surface area is 166 Å². The van der Waals surface area contributed by atoms with E-state index in [2.05, 4.69) is 0 Å². The SMILES string of the molecule is COc1cccc(CN(C)C(=O)C(c2ccccc2)c2ccccc2)c1OC. The van der Waals surface area contributed by atoms with Gasteiger partial charge in [-0.25, -0.2) is 0 Å². The highest BCUT2D eigenvalue weighted by molar-refractivity contribution is 5.87. The molecule has 0 aliphatic rings. The summed E-state index contributed by atoms with van der Waals surface area (Å²) in [6.07, 6.45) is 0. The zero-order chi connectivity index (χ0) is 19.9.